The van der Waals surface area contributed by atoms with E-state index in [2.05, 4.69) is 0 Å². The van der Waals surface area contributed by atoms with E-state index in [4.69, 9.17) is 20.5 Å². The normalized spacial score (nSPS) is 20.4. The minimum atomic E-state index is -0.496. The molecule has 1 aromatic rings. The molecular formula is C11H12N2O2. The number of ether oxygens (including phenoxy) is 2. The highest BCUT2D eigenvalue weighted by Crippen LogP contribution is 2.31. The summed E-state index contributed by atoms with van der Waals surface area (Å²) in [5, 5.41) is 8.59. The van der Waals surface area contributed by atoms with Crippen LogP contribution in [0.25, 0.3) is 0 Å². The number of hydrogen-bond donors (Lipinski definition) is 1. The van der Waals surface area contributed by atoms with E-state index in [1.807, 2.05) is 30.3 Å². The summed E-state index contributed by atoms with van der Waals surface area (Å²) >= 11 is 0. The van der Waals surface area contributed by atoms with Gasteiger partial charge in [0.05, 0.1) is 12.1 Å². The summed E-state index contributed by atoms with van der Waals surface area (Å²) in [6.45, 7) is 0.451. The van der Waals surface area contributed by atoms with Crippen LogP contribution in [0.3, 0.4) is 0 Å². The lowest BCUT2D eigenvalue weighted by Crippen LogP contribution is -2.35. The van der Waals surface area contributed by atoms with Crippen LogP contribution < -0.4 is 15.2 Å². The van der Waals surface area contributed by atoms with E-state index in [9.17, 15) is 0 Å². The predicted octanol–water partition coefficient (Wildman–Crippen LogP) is 1.07. The first-order valence-electron chi connectivity index (χ1n) is 4.83. The van der Waals surface area contributed by atoms with Crippen LogP contribution in [0.4, 0.5) is 0 Å². The maximum Gasteiger partial charge on any atom is 0.161 e. The number of nitrogens with zero attached hydrogens (tertiary/aromatic N) is 1. The third kappa shape index (κ3) is 2.20. The molecule has 1 aliphatic heterocycles. The fourth-order valence-corrected chi connectivity index (χ4v) is 1.52. The van der Waals surface area contributed by atoms with Crippen LogP contribution in [-0.4, -0.2) is 18.8 Å². The molecular weight excluding hydrogens is 192 g/mol. The van der Waals surface area contributed by atoms with Gasteiger partial charge in [-0.25, -0.2) is 0 Å². The smallest absolute Gasteiger partial charge is 0.161 e. The zero-order valence-electron chi connectivity index (χ0n) is 8.22. The standard InChI is InChI=1S/C11H12N2O2/c12-6-8(13)5-9-7-14-10-3-1-2-4-11(10)15-9/h1-4,8-9H,5,7,13H2. The summed E-state index contributed by atoms with van der Waals surface area (Å²) < 4.78 is 11.1. The number of hydrogen-bond acceptors (Lipinski definition) is 4. The highest BCUT2D eigenvalue weighted by atomic mass is 16.6. The Hall–Kier alpha value is -1.73. The molecule has 0 bridgehead atoms. The minimum absolute atomic E-state index is 0.130. The van der Waals surface area contributed by atoms with E-state index in [0.717, 1.165) is 11.5 Å². The summed E-state index contributed by atoms with van der Waals surface area (Å²) in [7, 11) is 0. The van der Waals surface area contributed by atoms with Gasteiger partial charge in [-0.3, -0.25) is 0 Å². The molecule has 0 radical (unpaired) electrons. The Morgan fingerprint density at radius 2 is 2.20 bits per heavy atom. The van der Waals surface area contributed by atoms with Crippen molar-refractivity contribution in [3.8, 4) is 17.6 Å². The van der Waals surface area contributed by atoms with Gasteiger partial charge in [0.2, 0.25) is 0 Å². The van der Waals surface area contributed by atoms with E-state index < -0.39 is 6.04 Å². The van der Waals surface area contributed by atoms with Gasteiger partial charge in [0.15, 0.2) is 11.5 Å². The lowest BCUT2D eigenvalue weighted by Gasteiger charge is -2.26. The van der Waals surface area contributed by atoms with Gasteiger partial charge in [0.1, 0.15) is 12.7 Å². The second-order valence-corrected chi connectivity index (χ2v) is 3.47. The Morgan fingerprint density at radius 1 is 1.47 bits per heavy atom. The van der Waals surface area contributed by atoms with Crippen molar-refractivity contribution in [1.82, 2.24) is 0 Å². The Balaban J connectivity index is 2.03. The molecule has 2 unspecified atom stereocenters. The summed E-state index contributed by atoms with van der Waals surface area (Å²) in [5.41, 5.74) is 5.53. The summed E-state index contributed by atoms with van der Waals surface area (Å²) in [4.78, 5) is 0. The Kier molecular flexibility index (Phi) is 2.75. The molecule has 0 saturated heterocycles. The van der Waals surface area contributed by atoms with Gasteiger partial charge in [-0.05, 0) is 12.1 Å². The Labute approximate surface area is 88.2 Å². The molecule has 15 heavy (non-hydrogen) atoms. The zero-order chi connectivity index (χ0) is 10.7. The Bertz CT molecular complexity index is 386. The third-order valence-corrected chi connectivity index (χ3v) is 2.25. The maximum atomic E-state index is 8.59. The quantitative estimate of drug-likeness (QED) is 0.782. The topological polar surface area (TPSA) is 68.3 Å². The monoisotopic (exact) mass is 204 g/mol. The van der Waals surface area contributed by atoms with Crippen molar-refractivity contribution in [1.29, 1.82) is 5.26 Å². The van der Waals surface area contributed by atoms with Gasteiger partial charge in [-0.15, -0.1) is 0 Å². The molecule has 4 nitrogen and oxygen atoms in total. The lowest BCUT2D eigenvalue weighted by molar-refractivity contribution is 0.0831. The maximum absolute atomic E-state index is 8.59. The van der Waals surface area contributed by atoms with Gasteiger partial charge in [0.25, 0.3) is 0 Å². The number of nitriles is 1. The minimum Gasteiger partial charge on any atom is -0.486 e. The third-order valence-electron chi connectivity index (χ3n) is 2.25. The highest BCUT2D eigenvalue weighted by Gasteiger charge is 2.22. The van der Waals surface area contributed by atoms with Gasteiger partial charge in [0, 0.05) is 6.42 Å². The van der Waals surface area contributed by atoms with Crippen LogP contribution in [0.5, 0.6) is 11.5 Å². The number of fused-ring (bicyclic) bond motifs is 1. The van der Waals surface area contributed by atoms with Crippen molar-refractivity contribution in [3.63, 3.8) is 0 Å². The molecule has 78 valence electrons. The predicted molar refractivity (Wildman–Crippen MR) is 54.6 cm³/mol. The second kappa shape index (κ2) is 4.20. The molecule has 1 aromatic carbocycles. The molecule has 0 aromatic heterocycles. The van der Waals surface area contributed by atoms with Crippen molar-refractivity contribution < 1.29 is 9.47 Å². The summed E-state index contributed by atoms with van der Waals surface area (Å²) in [6.07, 6.45) is 0.361. The first-order chi connectivity index (χ1) is 7.29. The van der Waals surface area contributed by atoms with Crippen molar-refractivity contribution in [3.05, 3.63) is 24.3 Å². The van der Waals surface area contributed by atoms with E-state index in [0.29, 0.717) is 13.0 Å². The van der Waals surface area contributed by atoms with Crippen molar-refractivity contribution in [2.45, 2.75) is 18.6 Å². The number of benzene rings is 1. The fraction of sp³-hybridized carbons (Fsp3) is 0.364. The Morgan fingerprint density at radius 3 is 2.93 bits per heavy atom. The largest absolute Gasteiger partial charge is 0.486 e. The van der Waals surface area contributed by atoms with Gasteiger partial charge >= 0.3 is 0 Å². The first kappa shape index (κ1) is 9.81. The molecule has 1 heterocycles. The molecule has 0 aliphatic carbocycles. The molecule has 2 rings (SSSR count). The van der Waals surface area contributed by atoms with Crippen molar-refractivity contribution >= 4 is 0 Å². The zero-order valence-corrected chi connectivity index (χ0v) is 8.22. The van der Waals surface area contributed by atoms with Crippen LogP contribution in [0.2, 0.25) is 0 Å². The average Bonchev–Trinajstić information content (AvgIpc) is 2.29. The molecule has 0 fully saturated rings. The molecule has 4 heteroatoms. The average molecular weight is 204 g/mol. The lowest BCUT2D eigenvalue weighted by atomic mass is 10.1. The van der Waals surface area contributed by atoms with E-state index in [1.165, 1.54) is 0 Å². The van der Waals surface area contributed by atoms with Crippen LogP contribution in [0.1, 0.15) is 6.42 Å². The summed E-state index contributed by atoms with van der Waals surface area (Å²) in [5.74, 6) is 1.47. The molecule has 2 atom stereocenters. The SMILES string of the molecule is N#CC(N)CC1COc2ccccc2O1. The van der Waals surface area contributed by atoms with E-state index in [-0.39, 0.29) is 6.10 Å². The molecule has 2 N–H and O–H groups in total. The second-order valence-electron chi connectivity index (χ2n) is 3.47. The molecule has 1 aliphatic rings. The van der Waals surface area contributed by atoms with Gasteiger partial charge in [-0.1, -0.05) is 12.1 Å². The van der Waals surface area contributed by atoms with Crippen LogP contribution >= 0.6 is 0 Å². The number of rotatable bonds is 2. The molecule has 0 amide bonds. The van der Waals surface area contributed by atoms with Crippen LogP contribution in [0, 0.1) is 11.3 Å². The number of nitrogens with two attached hydrogens (primary N) is 1. The summed E-state index contributed by atoms with van der Waals surface area (Å²) in [6, 6.07) is 8.96. The number of para-hydroxylation sites is 2. The van der Waals surface area contributed by atoms with E-state index >= 15 is 0 Å². The van der Waals surface area contributed by atoms with Gasteiger partial charge < -0.3 is 15.2 Å². The first-order valence-corrected chi connectivity index (χ1v) is 4.83. The van der Waals surface area contributed by atoms with E-state index in [1.54, 1.807) is 0 Å². The molecule has 0 spiro atoms. The van der Waals surface area contributed by atoms with Crippen LogP contribution in [-0.2, 0) is 0 Å². The fourth-order valence-electron chi connectivity index (χ4n) is 1.52. The van der Waals surface area contributed by atoms with Crippen LogP contribution in [0.15, 0.2) is 24.3 Å². The highest BCUT2D eigenvalue weighted by molar-refractivity contribution is 5.40. The van der Waals surface area contributed by atoms with Gasteiger partial charge in [-0.2, -0.15) is 5.26 Å². The van der Waals surface area contributed by atoms with Crippen molar-refractivity contribution in [2.24, 2.45) is 5.73 Å². The molecule has 0 saturated carbocycles. The van der Waals surface area contributed by atoms with Crippen molar-refractivity contribution in [2.75, 3.05) is 6.61 Å².